The Labute approximate surface area is 115 Å². The van der Waals surface area contributed by atoms with Crippen molar-refractivity contribution in [2.24, 2.45) is 0 Å². The Bertz CT molecular complexity index is 540. The van der Waals surface area contributed by atoms with Gasteiger partial charge in [-0.05, 0) is 19.1 Å². The Kier molecular flexibility index (Phi) is 5.15. The van der Waals surface area contributed by atoms with Crippen molar-refractivity contribution in [3.05, 3.63) is 28.8 Å². The highest BCUT2D eigenvalue weighted by molar-refractivity contribution is 6.30. The van der Waals surface area contributed by atoms with E-state index in [4.69, 9.17) is 21.6 Å². The molecule has 0 fully saturated rings. The van der Waals surface area contributed by atoms with E-state index < -0.39 is 18.0 Å². The van der Waals surface area contributed by atoms with Gasteiger partial charge in [-0.15, -0.1) is 0 Å². The molecule has 1 aromatic carbocycles. The van der Waals surface area contributed by atoms with Crippen molar-refractivity contribution in [1.82, 2.24) is 10.6 Å². The highest BCUT2D eigenvalue weighted by atomic mass is 35.5. The zero-order valence-corrected chi connectivity index (χ0v) is 11.1. The molecule has 1 aromatic rings. The van der Waals surface area contributed by atoms with Crippen molar-refractivity contribution >= 4 is 23.5 Å². The van der Waals surface area contributed by atoms with Crippen LogP contribution >= 0.6 is 11.6 Å². The summed E-state index contributed by atoms with van der Waals surface area (Å²) >= 11 is 5.79. The van der Waals surface area contributed by atoms with Gasteiger partial charge in [-0.1, -0.05) is 11.6 Å². The Morgan fingerprint density at radius 1 is 1.47 bits per heavy atom. The van der Waals surface area contributed by atoms with E-state index in [1.165, 1.54) is 26.1 Å². The fourth-order valence-corrected chi connectivity index (χ4v) is 1.37. The molecule has 0 radical (unpaired) electrons. The second-order valence-electron chi connectivity index (χ2n) is 3.58. The molecule has 0 aliphatic carbocycles. The molecule has 1 atom stereocenters. The van der Waals surface area contributed by atoms with E-state index in [1.807, 2.05) is 6.07 Å². The Balaban J connectivity index is 2.79. The van der Waals surface area contributed by atoms with E-state index in [0.29, 0.717) is 5.02 Å². The fourth-order valence-electron chi connectivity index (χ4n) is 1.21. The van der Waals surface area contributed by atoms with Gasteiger partial charge in [0.05, 0.1) is 5.56 Å². The smallest absolute Gasteiger partial charge is 0.321 e. The number of hydrogen-bond acceptors (Lipinski definition) is 4. The highest BCUT2D eigenvalue weighted by Gasteiger charge is 2.18. The summed E-state index contributed by atoms with van der Waals surface area (Å²) in [6, 6.07) is 5.76. The molecule has 100 valence electrons. The Hall–Kier alpha value is -2.26. The number of hydrogen-bond donors (Lipinski definition) is 2. The third kappa shape index (κ3) is 4.16. The third-order valence-electron chi connectivity index (χ3n) is 2.20. The van der Waals surface area contributed by atoms with Crippen LogP contribution in [0.5, 0.6) is 5.75 Å². The molecule has 0 spiro atoms. The number of amides is 3. The Morgan fingerprint density at radius 2 is 2.16 bits per heavy atom. The van der Waals surface area contributed by atoms with Crippen molar-refractivity contribution in [2.45, 2.75) is 13.0 Å². The maximum Gasteiger partial charge on any atom is 0.321 e. The van der Waals surface area contributed by atoms with Crippen molar-refractivity contribution in [3.63, 3.8) is 0 Å². The minimum Gasteiger partial charge on any atom is -0.479 e. The van der Waals surface area contributed by atoms with Gasteiger partial charge in [-0.3, -0.25) is 10.1 Å². The monoisotopic (exact) mass is 281 g/mol. The normalized spacial score (nSPS) is 11.1. The first-order valence-electron chi connectivity index (χ1n) is 5.36. The molecule has 0 aromatic heterocycles. The summed E-state index contributed by atoms with van der Waals surface area (Å²) in [4.78, 5) is 22.6. The minimum atomic E-state index is -0.942. The second-order valence-corrected chi connectivity index (χ2v) is 4.02. The molecule has 1 unspecified atom stereocenters. The van der Waals surface area contributed by atoms with Gasteiger partial charge in [0.25, 0.3) is 5.91 Å². The summed E-state index contributed by atoms with van der Waals surface area (Å²) in [6.07, 6.45) is -0.942. The van der Waals surface area contributed by atoms with Gasteiger partial charge >= 0.3 is 6.03 Å². The van der Waals surface area contributed by atoms with Gasteiger partial charge in [0.1, 0.15) is 11.8 Å². The molecular weight excluding hydrogens is 270 g/mol. The first kappa shape index (κ1) is 14.8. The van der Waals surface area contributed by atoms with Gasteiger partial charge < -0.3 is 10.1 Å². The van der Waals surface area contributed by atoms with E-state index in [0.717, 1.165) is 0 Å². The van der Waals surface area contributed by atoms with Crippen molar-refractivity contribution in [1.29, 1.82) is 5.26 Å². The summed E-state index contributed by atoms with van der Waals surface area (Å²) in [7, 11) is 1.39. The lowest BCUT2D eigenvalue weighted by atomic mass is 10.2. The zero-order valence-electron chi connectivity index (χ0n) is 10.4. The number of imide groups is 1. The van der Waals surface area contributed by atoms with E-state index in [1.54, 1.807) is 6.07 Å². The summed E-state index contributed by atoms with van der Waals surface area (Å²) in [6.45, 7) is 1.46. The molecule has 0 bridgehead atoms. The predicted octanol–water partition coefficient (Wildman–Crippen LogP) is 1.43. The van der Waals surface area contributed by atoms with E-state index in [9.17, 15) is 9.59 Å². The van der Waals surface area contributed by atoms with Gasteiger partial charge in [0.2, 0.25) is 0 Å². The zero-order chi connectivity index (χ0) is 14.4. The second kappa shape index (κ2) is 6.61. The van der Waals surface area contributed by atoms with Crippen LogP contribution in [-0.2, 0) is 4.79 Å². The number of benzene rings is 1. The summed E-state index contributed by atoms with van der Waals surface area (Å²) < 4.78 is 5.33. The van der Waals surface area contributed by atoms with Crippen LogP contribution in [-0.4, -0.2) is 25.1 Å². The van der Waals surface area contributed by atoms with Crippen LogP contribution in [0.25, 0.3) is 0 Å². The van der Waals surface area contributed by atoms with Crippen LogP contribution in [0.2, 0.25) is 5.02 Å². The molecule has 3 amide bonds. The topological polar surface area (TPSA) is 91.2 Å². The molecular formula is C12H12ClN3O3. The molecule has 0 aliphatic heterocycles. The molecule has 6 nitrogen and oxygen atoms in total. The van der Waals surface area contributed by atoms with Crippen LogP contribution < -0.4 is 15.4 Å². The Morgan fingerprint density at radius 3 is 2.74 bits per heavy atom. The van der Waals surface area contributed by atoms with Gasteiger partial charge in [0.15, 0.2) is 6.10 Å². The van der Waals surface area contributed by atoms with E-state index in [2.05, 4.69) is 10.6 Å². The number of halogens is 1. The summed E-state index contributed by atoms with van der Waals surface area (Å²) in [5.74, 6) is -0.433. The molecule has 2 N–H and O–H groups in total. The lowest BCUT2D eigenvalue weighted by Crippen LogP contribution is -2.44. The summed E-state index contributed by atoms with van der Waals surface area (Å²) in [5, 5.41) is 13.6. The van der Waals surface area contributed by atoms with Crippen LogP contribution in [0.1, 0.15) is 12.5 Å². The molecule has 0 saturated heterocycles. The minimum absolute atomic E-state index is 0.189. The number of rotatable bonds is 3. The number of carbonyl (C=O) groups is 2. The van der Waals surface area contributed by atoms with E-state index >= 15 is 0 Å². The average molecular weight is 282 g/mol. The highest BCUT2D eigenvalue weighted by Crippen LogP contribution is 2.23. The number of nitriles is 1. The molecule has 0 heterocycles. The van der Waals surface area contributed by atoms with Crippen molar-refractivity contribution in [3.8, 4) is 11.8 Å². The molecule has 1 rings (SSSR count). The average Bonchev–Trinajstić information content (AvgIpc) is 2.38. The van der Waals surface area contributed by atoms with Crippen LogP contribution in [0.15, 0.2) is 18.2 Å². The molecule has 7 heteroatoms. The SMILES string of the molecule is CNC(=O)NC(=O)C(C)Oc1cc(Cl)ccc1C#N. The molecule has 0 saturated carbocycles. The maximum absolute atomic E-state index is 11.6. The number of urea groups is 1. The largest absolute Gasteiger partial charge is 0.479 e. The van der Waals surface area contributed by atoms with Crippen molar-refractivity contribution < 1.29 is 14.3 Å². The lowest BCUT2D eigenvalue weighted by Gasteiger charge is -2.15. The van der Waals surface area contributed by atoms with Crippen molar-refractivity contribution in [2.75, 3.05) is 7.05 Å². The van der Waals surface area contributed by atoms with Crippen LogP contribution in [0.4, 0.5) is 4.79 Å². The fraction of sp³-hybridized carbons (Fsp3) is 0.250. The van der Waals surface area contributed by atoms with Crippen LogP contribution in [0.3, 0.4) is 0 Å². The number of ether oxygens (including phenoxy) is 1. The maximum atomic E-state index is 11.6. The molecule has 0 aliphatic rings. The quantitative estimate of drug-likeness (QED) is 0.877. The molecule has 19 heavy (non-hydrogen) atoms. The standard InChI is InChI=1S/C12H12ClN3O3/c1-7(11(17)16-12(18)15-2)19-10-5-9(13)4-3-8(10)6-14/h3-5,7H,1-2H3,(H2,15,16,17,18). The third-order valence-corrected chi connectivity index (χ3v) is 2.44. The van der Waals surface area contributed by atoms with Gasteiger partial charge in [-0.25, -0.2) is 4.79 Å². The summed E-state index contributed by atoms with van der Waals surface area (Å²) in [5.41, 5.74) is 0.254. The number of nitrogens with zero attached hydrogens (tertiary/aromatic N) is 1. The van der Waals surface area contributed by atoms with E-state index in [-0.39, 0.29) is 11.3 Å². The van der Waals surface area contributed by atoms with Gasteiger partial charge in [0, 0.05) is 18.1 Å². The number of nitrogens with one attached hydrogen (secondary N) is 2. The van der Waals surface area contributed by atoms with Gasteiger partial charge in [-0.2, -0.15) is 5.26 Å². The first-order valence-corrected chi connectivity index (χ1v) is 5.74. The number of carbonyl (C=O) groups excluding carboxylic acids is 2. The predicted molar refractivity (Wildman–Crippen MR) is 68.9 cm³/mol. The van der Waals surface area contributed by atoms with Crippen LogP contribution in [0, 0.1) is 11.3 Å². The first-order chi connectivity index (χ1) is 8.97. The lowest BCUT2D eigenvalue weighted by molar-refractivity contribution is -0.126.